The third-order valence-electron chi connectivity index (χ3n) is 4.01. The summed E-state index contributed by atoms with van der Waals surface area (Å²) in [7, 11) is 0. The molecular formula is C21H15Cl2FNO2S. The van der Waals surface area contributed by atoms with E-state index < -0.39 is 11.7 Å². The second-order valence-electron chi connectivity index (χ2n) is 5.95. The quantitative estimate of drug-likeness (QED) is 0.457. The second-order valence-corrected chi connectivity index (χ2v) is 7.21. The molecule has 1 radical (unpaired) electrons. The van der Waals surface area contributed by atoms with Crippen LogP contribution in [0.4, 0.5) is 10.1 Å². The van der Waals surface area contributed by atoms with Crippen molar-refractivity contribution in [3.05, 3.63) is 81.6 Å². The van der Waals surface area contributed by atoms with Gasteiger partial charge in [-0.2, -0.15) is 0 Å². The number of ether oxygens (including phenoxy) is 1. The number of carbonyl (C=O) groups is 1. The van der Waals surface area contributed by atoms with Gasteiger partial charge in [-0.15, -0.1) is 0 Å². The van der Waals surface area contributed by atoms with Crippen LogP contribution < -0.4 is 10.1 Å². The van der Waals surface area contributed by atoms with Crippen LogP contribution in [0.25, 0.3) is 0 Å². The Morgan fingerprint density at radius 2 is 1.86 bits per heavy atom. The lowest BCUT2D eigenvalue weighted by atomic mass is 10.1. The van der Waals surface area contributed by atoms with Gasteiger partial charge in [-0.25, -0.2) is 4.39 Å². The summed E-state index contributed by atoms with van der Waals surface area (Å²) in [4.78, 5) is 13.0. The van der Waals surface area contributed by atoms with E-state index >= 15 is 0 Å². The summed E-state index contributed by atoms with van der Waals surface area (Å²) in [6.45, 7) is 1.99. The number of halogens is 3. The number of carbonyl (C=O) groups excluding carboxylic acids is 1. The Balaban J connectivity index is 1.75. The SMILES string of the molecule is CCc1cc(Oc2ccc(NC(=O)c3ccc(Cl)c(Cl)c3)cc2F)ccc1[S]. The van der Waals surface area contributed by atoms with Gasteiger partial charge in [0.2, 0.25) is 0 Å². The molecule has 3 aromatic carbocycles. The van der Waals surface area contributed by atoms with E-state index in [2.05, 4.69) is 5.32 Å². The summed E-state index contributed by atoms with van der Waals surface area (Å²) in [6, 6.07) is 13.9. The summed E-state index contributed by atoms with van der Waals surface area (Å²) in [5.41, 5.74) is 1.56. The first-order valence-corrected chi connectivity index (χ1v) is 9.57. The van der Waals surface area contributed by atoms with Crippen molar-refractivity contribution in [3.63, 3.8) is 0 Å². The van der Waals surface area contributed by atoms with Crippen LogP contribution in [0, 0.1) is 5.82 Å². The van der Waals surface area contributed by atoms with Crippen LogP contribution in [0.3, 0.4) is 0 Å². The molecule has 0 bridgehead atoms. The minimum absolute atomic E-state index is 0.0479. The van der Waals surface area contributed by atoms with Crippen molar-refractivity contribution in [1.29, 1.82) is 0 Å². The largest absolute Gasteiger partial charge is 0.454 e. The van der Waals surface area contributed by atoms with Gasteiger partial charge < -0.3 is 10.1 Å². The molecule has 0 aromatic heterocycles. The number of benzene rings is 3. The average molecular weight is 435 g/mol. The minimum atomic E-state index is -0.604. The predicted octanol–water partition coefficient (Wildman–Crippen LogP) is 7.30. The lowest BCUT2D eigenvalue weighted by molar-refractivity contribution is 0.102. The van der Waals surface area contributed by atoms with Crippen LogP contribution in [-0.4, -0.2) is 5.91 Å². The van der Waals surface area contributed by atoms with Crippen molar-refractivity contribution in [1.82, 2.24) is 0 Å². The fourth-order valence-electron chi connectivity index (χ4n) is 2.52. The molecule has 0 unspecified atom stereocenters. The highest BCUT2D eigenvalue weighted by atomic mass is 35.5. The first kappa shape index (κ1) is 20.4. The summed E-state index contributed by atoms with van der Waals surface area (Å²) in [5.74, 6) is -0.489. The Morgan fingerprint density at radius 3 is 2.54 bits per heavy atom. The monoisotopic (exact) mass is 434 g/mol. The Labute approximate surface area is 177 Å². The van der Waals surface area contributed by atoms with E-state index in [-0.39, 0.29) is 16.5 Å². The Bertz CT molecular complexity index is 1040. The number of nitrogens with one attached hydrogen (secondary N) is 1. The van der Waals surface area contributed by atoms with Crippen molar-refractivity contribution < 1.29 is 13.9 Å². The van der Waals surface area contributed by atoms with Gasteiger partial charge in [0.1, 0.15) is 5.75 Å². The molecule has 28 heavy (non-hydrogen) atoms. The lowest BCUT2D eigenvalue weighted by Crippen LogP contribution is -2.12. The molecular weight excluding hydrogens is 420 g/mol. The van der Waals surface area contributed by atoms with Crippen LogP contribution in [0.5, 0.6) is 11.5 Å². The normalized spacial score (nSPS) is 10.6. The molecule has 0 aliphatic rings. The van der Waals surface area contributed by atoms with Gasteiger partial charge in [0.15, 0.2) is 11.6 Å². The van der Waals surface area contributed by atoms with Crippen LogP contribution in [-0.2, 0) is 6.42 Å². The number of aryl methyl sites for hydroxylation is 1. The molecule has 0 saturated carbocycles. The number of amides is 1. The average Bonchev–Trinajstić information content (AvgIpc) is 2.67. The predicted molar refractivity (Wildman–Crippen MR) is 113 cm³/mol. The van der Waals surface area contributed by atoms with E-state index in [1.165, 1.54) is 30.3 Å². The molecule has 0 atom stereocenters. The van der Waals surface area contributed by atoms with Crippen LogP contribution in [0.2, 0.25) is 10.0 Å². The molecule has 0 heterocycles. The van der Waals surface area contributed by atoms with Gasteiger partial charge >= 0.3 is 0 Å². The van der Waals surface area contributed by atoms with Gasteiger partial charge in [0.05, 0.1) is 10.0 Å². The van der Waals surface area contributed by atoms with Crippen molar-refractivity contribution in [2.75, 3.05) is 5.32 Å². The highest BCUT2D eigenvalue weighted by Gasteiger charge is 2.12. The topological polar surface area (TPSA) is 38.3 Å². The van der Waals surface area contributed by atoms with E-state index in [0.717, 1.165) is 16.9 Å². The molecule has 143 valence electrons. The molecule has 0 aliphatic heterocycles. The van der Waals surface area contributed by atoms with Crippen molar-refractivity contribution in [2.24, 2.45) is 0 Å². The maximum atomic E-state index is 14.4. The minimum Gasteiger partial charge on any atom is -0.454 e. The van der Waals surface area contributed by atoms with Gasteiger partial charge in [0.25, 0.3) is 5.91 Å². The highest BCUT2D eigenvalue weighted by Crippen LogP contribution is 2.29. The number of hydrogen-bond acceptors (Lipinski definition) is 2. The van der Waals surface area contributed by atoms with Crippen LogP contribution in [0.1, 0.15) is 22.8 Å². The van der Waals surface area contributed by atoms with Crippen LogP contribution in [0.15, 0.2) is 59.5 Å². The number of hydrogen-bond donors (Lipinski definition) is 1. The van der Waals surface area contributed by atoms with E-state index in [4.69, 9.17) is 40.6 Å². The van der Waals surface area contributed by atoms with Crippen LogP contribution >= 0.6 is 35.8 Å². The molecule has 1 amide bonds. The maximum absolute atomic E-state index is 14.4. The summed E-state index contributed by atoms with van der Waals surface area (Å²) in [5, 5.41) is 3.23. The van der Waals surface area contributed by atoms with Crippen molar-refractivity contribution in [2.45, 2.75) is 18.2 Å². The van der Waals surface area contributed by atoms with Gasteiger partial charge in [-0.1, -0.05) is 42.8 Å². The summed E-state index contributed by atoms with van der Waals surface area (Å²) in [6.07, 6.45) is 0.762. The third kappa shape index (κ3) is 4.73. The Morgan fingerprint density at radius 1 is 1.07 bits per heavy atom. The van der Waals surface area contributed by atoms with Gasteiger partial charge in [-0.3, -0.25) is 4.79 Å². The smallest absolute Gasteiger partial charge is 0.255 e. The number of anilines is 1. The summed E-state index contributed by atoms with van der Waals surface area (Å²) < 4.78 is 20.0. The van der Waals surface area contributed by atoms with Gasteiger partial charge in [0, 0.05) is 22.2 Å². The zero-order valence-corrected chi connectivity index (χ0v) is 17.1. The van der Waals surface area contributed by atoms with E-state index in [1.807, 2.05) is 6.92 Å². The van der Waals surface area contributed by atoms with Crippen molar-refractivity contribution >= 4 is 47.4 Å². The Kier molecular flexibility index (Phi) is 6.39. The number of rotatable bonds is 5. The Hall–Kier alpha value is -2.34. The highest BCUT2D eigenvalue weighted by molar-refractivity contribution is 7.80. The maximum Gasteiger partial charge on any atom is 0.255 e. The molecule has 7 heteroatoms. The van der Waals surface area contributed by atoms with Crippen molar-refractivity contribution in [3.8, 4) is 11.5 Å². The van der Waals surface area contributed by atoms with E-state index in [9.17, 15) is 9.18 Å². The van der Waals surface area contributed by atoms with Gasteiger partial charge in [-0.05, 0) is 60.5 Å². The molecule has 0 fully saturated rings. The molecule has 3 nitrogen and oxygen atoms in total. The second kappa shape index (κ2) is 8.78. The molecule has 3 rings (SSSR count). The van der Waals surface area contributed by atoms with E-state index in [1.54, 1.807) is 24.3 Å². The molecule has 0 spiro atoms. The zero-order chi connectivity index (χ0) is 20.3. The molecule has 0 aliphatic carbocycles. The molecule has 1 N–H and O–H groups in total. The zero-order valence-electron chi connectivity index (χ0n) is 14.8. The molecule has 0 saturated heterocycles. The summed E-state index contributed by atoms with van der Waals surface area (Å²) >= 11 is 17.0. The first-order valence-electron chi connectivity index (χ1n) is 8.41. The fraction of sp³-hybridized carbons (Fsp3) is 0.0952. The molecule has 3 aromatic rings. The lowest BCUT2D eigenvalue weighted by Gasteiger charge is -2.11. The first-order chi connectivity index (χ1) is 13.4. The van der Waals surface area contributed by atoms with E-state index in [0.29, 0.717) is 16.3 Å². The fourth-order valence-corrected chi connectivity index (χ4v) is 3.09. The third-order valence-corrected chi connectivity index (χ3v) is 5.15. The standard InChI is InChI=1S/C21H15Cl2FNO2S/c1-2-12-9-15(5-8-20(12)28)27-19-7-4-14(11-18(19)24)25-21(26)13-3-6-16(22)17(23)10-13/h3-11H,2H2,1H3,(H,25,26).